The van der Waals surface area contributed by atoms with E-state index < -0.39 is 59.4 Å². The third kappa shape index (κ3) is 15.7. The average molecular weight is 561 g/mol. The maximum atomic E-state index is 6.81. The minimum absolute atomic E-state index is 0.917. The monoisotopic (exact) mass is 560 g/mol. The largest absolute Gasteiger partial charge is 0.437 e. The van der Waals surface area contributed by atoms with Gasteiger partial charge in [0.15, 0.2) is 16.6 Å². The molecule has 0 unspecified atom stereocenters. The molecule has 0 rings (SSSR count). The summed E-state index contributed by atoms with van der Waals surface area (Å²) in [5.41, 5.74) is 0. The van der Waals surface area contributed by atoms with Gasteiger partial charge in [0.1, 0.15) is 0 Å². The molecule has 0 aliphatic carbocycles. The van der Waals surface area contributed by atoms with Crippen LogP contribution in [0.5, 0.6) is 0 Å². The minimum atomic E-state index is -2.51. The fourth-order valence-corrected chi connectivity index (χ4v) is 38.4. The lowest BCUT2D eigenvalue weighted by molar-refractivity contribution is 0.267. The first kappa shape index (κ1) is 32.3. The minimum Gasteiger partial charge on any atom is -0.437 e. The first-order valence-corrected chi connectivity index (χ1v) is 32.1. The first-order chi connectivity index (χ1) is 13.3. The molecule has 0 aliphatic rings. The molecule has 31 heavy (non-hydrogen) atoms. The van der Waals surface area contributed by atoms with Crippen LogP contribution in [0.3, 0.4) is 0 Å². The van der Waals surface area contributed by atoms with Gasteiger partial charge in [-0.15, -0.1) is 0 Å². The zero-order valence-electron chi connectivity index (χ0n) is 23.4. The summed E-state index contributed by atoms with van der Waals surface area (Å²) >= 11 is 0. The van der Waals surface area contributed by atoms with E-state index >= 15 is 0 Å². The van der Waals surface area contributed by atoms with Gasteiger partial charge in [0, 0.05) is 0 Å². The molecule has 0 aromatic heterocycles. The van der Waals surface area contributed by atoms with Gasteiger partial charge in [0.05, 0.1) is 0 Å². The summed E-state index contributed by atoms with van der Waals surface area (Å²) in [4.78, 5) is 0. The number of hydrogen-bond donors (Lipinski definition) is 0. The fraction of sp³-hybridized carbons (Fsp3) is 1.00. The van der Waals surface area contributed by atoms with Gasteiger partial charge in [-0.1, -0.05) is 13.3 Å². The maximum absolute atomic E-state index is 6.81. The molecule has 0 aromatic rings. The molecule has 0 saturated carbocycles. The van der Waals surface area contributed by atoms with Crippen LogP contribution in [0.25, 0.3) is 0 Å². The van der Waals surface area contributed by atoms with Crippen LogP contribution in [-0.2, 0) is 24.7 Å². The highest BCUT2D eigenvalue weighted by Gasteiger charge is 2.49. The Morgan fingerprint density at radius 2 is 0.645 bits per heavy atom. The van der Waals surface area contributed by atoms with E-state index in [-0.39, 0.29) is 0 Å². The lowest BCUT2D eigenvalue weighted by Crippen LogP contribution is -2.61. The molecule has 0 atom stereocenters. The normalized spacial score (nSPS) is 15.5. The molecule has 0 radical (unpaired) electrons. The van der Waals surface area contributed by atoms with E-state index in [1.807, 2.05) is 0 Å². The van der Waals surface area contributed by atoms with Crippen molar-refractivity contribution in [2.45, 2.75) is 118 Å². The van der Waals surface area contributed by atoms with E-state index in [2.05, 4.69) is 105 Å². The Hall–Kier alpha value is 1.28. The van der Waals surface area contributed by atoms with Crippen LogP contribution in [0.1, 0.15) is 13.3 Å². The zero-order chi connectivity index (χ0) is 25.2. The summed E-state index contributed by atoms with van der Waals surface area (Å²) in [5, 5.41) is 0. The van der Waals surface area contributed by atoms with Crippen LogP contribution in [0, 0.1) is 0 Å². The molecule has 0 saturated heterocycles. The van der Waals surface area contributed by atoms with Crippen molar-refractivity contribution >= 4 is 59.4 Å². The summed E-state index contributed by atoms with van der Waals surface area (Å²) in [6, 6.07) is 0.917. The van der Waals surface area contributed by atoms with Crippen LogP contribution >= 0.6 is 0 Å². The molecule has 0 aliphatic heterocycles. The highest BCUT2D eigenvalue weighted by molar-refractivity contribution is 6.92. The van der Waals surface area contributed by atoms with Gasteiger partial charge in [-0.2, -0.15) is 0 Å². The first-order valence-electron chi connectivity index (χ1n) is 11.5. The van der Waals surface area contributed by atoms with Crippen LogP contribution in [0.4, 0.5) is 0 Å². The van der Waals surface area contributed by atoms with E-state index in [0.29, 0.717) is 0 Å². The Kier molecular flexibility index (Phi) is 11.4. The van der Waals surface area contributed by atoms with E-state index in [1.165, 1.54) is 0 Å². The van der Waals surface area contributed by atoms with Crippen molar-refractivity contribution in [2.75, 3.05) is 0 Å². The summed E-state index contributed by atoms with van der Waals surface area (Å²) < 4.78 is 39.7. The van der Waals surface area contributed by atoms with Crippen LogP contribution in [-0.4, -0.2) is 59.4 Å². The molecule has 188 valence electrons. The molecule has 0 aromatic carbocycles. The number of hydrogen-bond acceptors (Lipinski definition) is 6. The zero-order valence-corrected chi connectivity index (χ0v) is 30.4. The second-order valence-electron chi connectivity index (χ2n) is 12.3. The maximum Gasteiger partial charge on any atom is 0.317 e. The third-order valence-corrected chi connectivity index (χ3v) is 29.2. The molecule has 0 bridgehead atoms. The summed E-state index contributed by atoms with van der Waals surface area (Å²) in [7, 11) is -15.4. The summed E-state index contributed by atoms with van der Waals surface area (Å²) in [5.74, 6) is 0. The fourth-order valence-electron chi connectivity index (χ4n) is 4.36. The second kappa shape index (κ2) is 10.9. The molecular weight excluding hydrogens is 509 g/mol. The predicted molar refractivity (Wildman–Crippen MR) is 150 cm³/mol. The van der Waals surface area contributed by atoms with Crippen molar-refractivity contribution < 1.29 is 24.7 Å². The Morgan fingerprint density at radius 3 is 0.871 bits per heavy atom. The van der Waals surface area contributed by atoms with E-state index in [4.69, 9.17) is 24.7 Å². The topological polar surface area (TPSA) is 55.4 Å². The average Bonchev–Trinajstić information content (AvgIpc) is 2.24. The molecule has 0 spiro atoms. The lowest BCUT2D eigenvalue weighted by Gasteiger charge is -2.44. The highest BCUT2D eigenvalue weighted by Crippen LogP contribution is 2.30. The predicted octanol–water partition coefficient (Wildman–Crippen LogP) is 7.05. The Balaban J connectivity index is 5.49. The van der Waals surface area contributed by atoms with Crippen LogP contribution in [0.2, 0.25) is 104 Å². The van der Waals surface area contributed by atoms with Crippen molar-refractivity contribution in [3.63, 3.8) is 0 Å². The molecule has 6 nitrogen and oxygen atoms in total. The van der Waals surface area contributed by atoms with Gasteiger partial charge in [-0.05, 0) is 104 Å². The molecular formula is C18H52O6Si7. The van der Waals surface area contributed by atoms with Gasteiger partial charge >= 0.3 is 42.8 Å². The third-order valence-electron chi connectivity index (χ3n) is 3.71. The van der Waals surface area contributed by atoms with Crippen molar-refractivity contribution in [2.24, 2.45) is 0 Å². The van der Waals surface area contributed by atoms with Crippen molar-refractivity contribution in [3.05, 3.63) is 0 Å². The quantitative estimate of drug-likeness (QED) is 0.212. The van der Waals surface area contributed by atoms with Crippen LogP contribution in [0.15, 0.2) is 0 Å². The lowest BCUT2D eigenvalue weighted by atomic mass is 10.6. The van der Waals surface area contributed by atoms with Crippen molar-refractivity contribution in [1.82, 2.24) is 0 Å². The number of rotatable bonds is 14. The van der Waals surface area contributed by atoms with E-state index in [0.717, 1.165) is 12.5 Å². The smallest absolute Gasteiger partial charge is 0.317 e. The van der Waals surface area contributed by atoms with E-state index in [1.54, 1.807) is 0 Å². The van der Waals surface area contributed by atoms with Gasteiger partial charge in [0.2, 0.25) is 0 Å². The van der Waals surface area contributed by atoms with E-state index in [9.17, 15) is 0 Å². The molecule has 13 heteroatoms. The standard InChI is InChI=1S/C18H52O6Si7/c1-17-18-31(16,23-29(12,13)21-27(8,9)19-25(2,3)4)24-30(14,15)22-28(10,11)20-26(5,6)7/h17-18H2,1-16H3. The second-order valence-corrected chi connectivity index (χ2v) is 39.6. The van der Waals surface area contributed by atoms with Gasteiger partial charge in [-0.25, -0.2) is 0 Å². The van der Waals surface area contributed by atoms with Gasteiger partial charge in [0.25, 0.3) is 0 Å². The Morgan fingerprint density at radius 1 is 0.387 bits per heavy atom. The van der Waals surface area contributed by atoms with Gasteiger partial charge in [-0.3, -0.25) is 0 Å². The van der Waals surface area contributed by atoms with Crippen molar-refractivity contribution in [3.8, 4) is 0 Å². The van der Waals surface area contributed by atoms with Crippen molar-refractivity contribution in [1.29, 1.82) is 0 Å². The Bertz CT molecular complexity index is 527. The summed E-state index contributed by atoms with van der Waals surface area (Å²) in [6.45, 7) is 34.6. The SMILES string of the molecule is CCC[Si](C)(O[Si](C)(C)O[Si](C)(C)O[Si](C)(C)C)O[Si](C)(C)O[Si](C)(C)O[Si](C)(C)C. The van der Waals surface area contributed by atoms with Gasteiger partial charge < -0.3 is 24.7 Å². The molecule has 0 N–H and O–H groups in total. The Labute approximate surface area is 201 Å². The molecule has 0 amide bonds. The highest BCUT2D eigenvalue weighted by atomic mass is 28.5. The molecule has 0 fully saturated rings. The molecule has 0 heterocycles. The van der Waals surface area contributed by atoms with Crippen LogP contribution < -0.4 is 0 Å². The summed E-state index contributed by atoms with van der Waals surface area (Å²) in [6.07, 6.45) is 1.01.